The van der Waals surface area contributed by atoms with Crippen molar-refractivity contribution in [1.29, 1.82) is 0 Å². The first-order valence-electron chi connectivity index (χ1n) is 5.50. The molecule has 0 bridgehead atoms. The first kappa shape index (κ1) is 15.3. The Morgan fingerprint density at radius 3 is 2.50 bits per heavy atom. The van der Waals surface area contributed by atoms with E-state index in [1.165, 1.54) is 30.7 Å². The van der Waals surface area contributed by atoms with E-state index in [1.54, 1.807) is 0 Å². The molecule has 2 rings (SSSR count). The van der Waals surface area contributed by atoms with Crippen LogP contribution in [0.2, 0.25) is 10.0 Å². The van der Waals surface area contributed by atoms with E-state index in [-0.39, 0.29) is 11.6 Å². The molecular weight excluding hydrogens is 325 g/mol. The van der Waals surface area contributed by atoms with Gasteiger partial charge in [-0.15, -0.1) is 0 Å². The fraction of sp³-hybridized carbons (Fsp3) is 0.182. The Kier molecular flexibility index (Phi) is 4.66. The second-order valence-corrected chi connectivity index (χ2v) is 6.59. The lowest BCUT2D eigenvalue weighted by molar-refractivity contribution is 0.182. The first-order chi connectivity index (χ1) is 9.38. The Morgan fingerprint density at radius 1 is 1.30 bits per heavy atom. The van der Waals surface area contributed by atoms with Crippen molar-refractivity contribution < 1.29 is 13.5 Å². The number of rotatable bonds is 5. The number of aliphatic hydroxyl groups excluding tert-OH is 1. The van der Waals surface area contributed by atoms with Crippen molar-refractivity contribution in [2.45, 2.75) is 11.1 Å². The number of aromatic nitrogens is 2. The molecule has 3 N–H and O–H groups in total. The molecule has 0 radical (unpaired) electrons. The molecule has 2 aromatic rings. The average Bonchev–Trinajstić information content (AvgIpc) is 2.89. The normalized spacial score (nSPS) is 13.3. The largest absolute Gasteiger partial charge is 0.387 e. The van der Waals surface area contributed by atoms with Crippen LogP contribution >= 0.6 is 23.2 Å². The molecule has 0 saturated heterocycles. The number of benzene rings is 1. The molecule has 0 amide bonds. The van der Waals surface area contributed by atoms with Gasteiger partial charge in [-0.3, -0.25) is 0 Å². The number of imidazole rings is 1. The summed E-state index contributed by atoms with van der Waals surface area (Å²) in [7, 11) is -3.73. The van der Waals surface area contributed by atoms with Gasteiger partial charge in [-0.05, 0) is 23.8 Å². The van der Waals surface area contributed by atoms with Crippen molar-refractivity contribution in [3.05, 3.63) is 46.3 Å². The molecule has 1 heterocycles. The average molecular weight is 336 g/mol. The summed E-state index contributed by atoms with van der Waals surface area (Å²) in [5.74, 6) is 0. The molecule has 0 saturated carbocycles. The summed E-state index contributed by atoms with van der Waals surface area (Å²) in [6.45, 7) is -0.210. The fourth-order valence-electron chi connectivity index (χ4n) is 1.54. The minimum atomic E-state index is -3.73. The van der Waals surface area contributed by atoms with Gasteiger partial charge < -0.3 is 10.1 Å². The first-order valence-corrected chi connectivity index (χ1v) is 7.74. The Balaban J connectivity index is 2.07. The van der Waals surface area contributed by atoms with E-state index in [1.807, 2.05) is 0 Å². The summed E-state index contributed by atoms with van der Waals surface area (Å²) >= 11 is 11.6. The topological polar surface area (TPSA) is 95.1 Å². The van der Waals surface area contributed by atoms with E-state index >= 15 is 0 Å². The lowest BCUT2D eigenvalue weighted by Crippen LogP contribution is -2.28. The van der Waals surface area contributed by atoms with Gasteiger partial charge in [-0.2, -0.15) is 0 Å². The molecule has 6 nitrogen and oxygen atoms in total. The molecule has 108 valence electrons. The number of aliphatic hydroxyl groups is 1. The second-order valence-electron chi connectivity index (χ2n) is 3.99. The van der Waals surface area contributed by atoms with Crippen molar-refractivity contribution in [2.75, 3.05) is 6.54 Å². The summed E-state index contributed by atoms with van der Waals surface area (Å²) in [4.78, 5) is 6.10. The summed E-state index contributed by atoms with van der Waals surface area (Å²) in [6.07, 6.45) is 1.36. The Hall–Kier alpha value is -1.12. The van der Waals surface area contributed by atoms with Gasteiger partial charge in [0.15, 0.2) is 5.03 Å². The lowest BCUT2D eigenvalue weighted by atomic mass is 10.1. The number of hydrogen-bond acceptors (Lipinski definition) is 4. The van der Waals surface area contributed by atoms with E-state index in [2.05, 4.69) is 14.7 Å². The van der Waals surface area contributed by atoms with E-state index < -0.39 is 16.1 Å². The summed E-state index contributed by atoms with van der Waals surface area (Å²) < 4.78 is 25.9. The maximum Gasteiger partial charge on any atom is 0.257 e. The summed E-state index contributed by atoms with van der Waals surface area (Å²) in [5, 5.41) is 10.6. The third-order valence-electron chi connectivity index (χ3n) is 2.50. The summed E-state index contributed by atoms with van der Waals surface area (Å²) in [5.41, 5.74) is 0.426. The van der Waals surface area contributed by atoms with Crippen molar-refractivity contribution >= 4 is 33.2 Å². The molecule has 0 spiro atoms. The van der Waals surface area contributed by atoms with Gasteiger partial charge in [0.25, 0.3) is 10.0 Å². The molecule has 0 fully saturated rings. The molecule has 0 aliphatic heterocycles. The number of nitrogens with one attached hydrogen (secondary N) is 2. The van der Waals surface area contributed by atoms with Gasteiger partial charge >= 0.3 is 0 Å². The fourth-order valence-corrected chi connectivity index (χ4v) is 3.03. The molecule has 1 aromatic heterocycles. The van der Waals surface area contributed by atoms with Gasteiger partial charge in [0.1, 0.15) is 0 Å². The zero-order valence-corrected chi connectivity index (χ0v) is 12.4. The van der Waals surface area contributed by atoms with Gasteiger partial charge in [0, 0.05) is 16.6 Å². The van der Waals surface area contributed by atoms with Crippen LogP contribution < -0.4 is 4.72 Å². The second kappa shape index (κ2) is 6.11. The zero-order valence-electron chi connectivity index (χ0n) is 10.0. The predicted octanol–water partition coefficient (Wildman–Crippen LogP) is 1.73. The highest BCUT2D eigenvalue weighted by atomic mass is 35.5. The van der Waals surface area contributed by atoms with Gasteiger partial charge in [-0.25, -0.2) is 18.1 Å². The molecule has 0 aliphatic carbocycles. The minimum absolute atomic E-state index is 0.0752. The van der Waals surface area contributed by atoms with Crippen LogP contribution in [0.4, 0.5) is 0 Å². The predicted molar refractivity (Wildman–Crippen MR) is 75.2 cm³/mol. The number of aromatic amines is 1. The third kappa shape index (κ3) is 3.71. The SMILES string of the molecule is O=S(=O)(NCC(O)c1cc(Cl)cc(Cl)c1)c1cnc[nH]1. The minimum Gasteiger partial charge on any atom is -0.387 e. The number of H-pyrrole nitrogens is 1. The third-order valence-corrected chi connectivity index (χ3v) is 4.28. The molecule has 9 heteroatoms. The van der Waals surface area contributed by atoms with E-state index in [0.717, 1.165) is 0 Å². The molecule has 20 heavy (non-hydrogen) atoms. The lowest BCUT2D eigenvalue weighted by Gasteiger charge is -2.12. The van der Waals surface area contributed by atoms with Crippen molar-refractivity contribution in [1.82, 2.24) is 14.7 Å². The van der Waals surface area contributed by atoms with Crippen LogP contribution in [-0.2, 0) is 10.0 Å². The van der Waals surface area contributed by atoms with Gasteiger partial charge in [-0.1, -0.05) is 23.2 Å². The van der Waals surface area contributed by atoms with Crippen LogP contribution in [0.1, 0.15) is 11.7 Å². The van der Waals surface area contributed by atoms with Crippen LogP contribution in [0, 0.1) is 0 Å². The smallest absolute Gasteiger partial charge is 0.257 e. The summed E-state index contributed by atoms with van der Waals surface area (Å²) in [6, 6.07) is 4.55. The highest BCUT2D eigenvalue weighted by molar-refractivity contribution is 7.89. The quantitative estimate of drug-likeness (QED) is 0.775. The van der Waals surface area contributed by atoms with Crippen LogP contribution in [-0.4, -0.2) is 30.0 Å². The molecule has 1 unspecified atom stereocenters. The highest BCUT2D eigenvalue weighted by Gasteiger charge is 2.18. The molecule has 0 aliphatic rings. The number of sulfonamides is 1. The Labute approximate surface area is 125 Å². The Morgan fingerprint density at radius 2 is 1.95 bits per heavy atom. The van der Waals surface area contributed by atoms with Crippen molar-refractivity contribution in [2.24, 2.45) is 0 Å². The maximum absolute atomic E-state index is 11.8. The molecule has 1 atom stereocenters. The van der Waals surface area contributed by atoms with Crippen LogP contribution in [0.15, 0.2) is 35.7 Å². The van der Waals surface area contributed by atoms with Gasteiger partial charge in [0.05, 0.1) is 18.6 Å². The molecule has 1 aromatic carbocycles. The standard InChI is InChI=1S/C11H11Cl2N3O3S/c12-8-1-7(2-9(13)3-8)10(17)4-16-20(18,19)11-5-14-6-15-11/h1-3,5-6,10,16-17H,4H2,(H,14,15). The van der Waals surface area contributed by atoms with Crippen molar-refractivity contribution in [3.63, 3.8) is 0 Å². The van der Waals surface area contributed by atoms with Crippen LogP contribution in [0.5, 0.6) is 0 Å². The number of hydrogen-bond donors (Lipinski definition) is 3. The molecular formula is C11H11Cl2N3O3S. The Bertz CT molecular complexity index is 669. The number of halogens is 2. The van der Waals surface area contributed by atoms with E-state index in [0.29, 0.717) is 15.6 Å². The zero-order chi connectivity index (χ0) is 14.8. The number of nitrogens with zero attached hydrogens (tertiary/aromatic N) is 1. The van der Waals surface area contributed by atoms with Crippen LogP contribution in [0.3, 0.4) is 0 Å². The van der Waals surface area contributed by atoms with E-state index in [4.69, 9.17) is 23.2 Å². The maximum atomic E-state index is 11.8. The van der Waals surface area contributed by atoms with Crippen molar-refractivity contribution in [3.8, 4) is 0 Å². The van der Waals surface area contributed by atoms with E-state index in [9.17, 15) is 13.5 Å². The van der Waals surface area contributed by atoms with Gasteiger partial charge in [0.2, 0.25) is 0 Å². The highest BCUT2D eigenvalue weighted by Crippen LogP contribution is 2.23. The monoisotopic (exact) mass is 335 g/mol. The van der Waals surface area contributed by atoms with Crippen LogP contribution in [0.25, 0.3) is 0 Å².